The normalized spacial score (nSPS) is 26.1. The van der Waals surface area contributed by atoms with Crippen LogP contribution in [0.3, 0.4) is 0 Å². The van der Waals surface area contributed by atoms with Crippen LogP contribution in [0.5, 0.6) is 0 Å². The second-order valence-electron chi connectivity index (χ2n) is 5.79. The van der Waals surface area contributed by atoms with Gasteiger partial charge in [-0.2, -0.15) is 13.2 Å². The van der Waals surface area contributed by atoms with Crippen LogP contribution in [0.2, 0.25) is 0 Å². The number of aliphatic hydroxyl groups excluding tert-OH is 1. The fourth-order valence-corrected chi connectivity index (χ4v) is 2.80. The van der Waals surface area contributed by atoms with E-state index in [1.54, 1.807) is 0 Å². The summed E-state index contributed by atoms with van der Waals surface area (Å²) in [5, 5.41) is 12.3. The molecule has 1 aromatic rings. The standard InChI is InChI=1S/C15H18F4N2O2/c16-14(8-20)6-5-9(7-14)21-13(23)12(22)10-3-1-2-4-11(10)15(17,18)19/h1-4,9,12,22H,5-8,20H2,(H,21,23)/t9-,12?,14-/m1/s1. The van der Waals surface area contributed by atoms with Crippen LogP contribution in [-0.4, -0.2) is 29.3 Å². The Morgan fingerprint density at radius 1 is 1.43 bits per heavy atom. The van der Waals surface area contributed by atoms with Crippen LogP contribution in [0.4, 0.5) is 17.6 Å². The molecule has 8 heteroatoms. The number of nitrogens with two attached hydrogens (primary N) is 1. The summed E-state index contributed by atoms with van der Waals surface area (Å²) in [6, 6.07) is 3.76. The summed E-state index contributed by atoms with van der Waals surface area (Å²) in [5.74, 6) is -0.979. The number of hydrogen-bond acceptors (Lipinski definition) is 3. The first kappa shape index (κ1) is 17.7. The van der Waals surface area contributed by atoms with Crippen molar-refractivity contribution < 1.29 is 27.5 Å². The summed E-state index contributed by atoms with van der Waals surface area (Å²) in [4.78, 5) is 12.0. The zero-order valence-electron chi connectivity index (χ0n) is 12.2. The van der Waals surface area contributed by atoms with E-state index in [0.717, 1.165) is 12.1 Å². The van der Waals surface area contributed by atoms with Crippen LogP contribution in [0.25, 0.3) is 0 Å². The minimum atomic E-state index is -4.68. The van der Waals surface area contributed by atoms with Gasteiger partial charge in [-0.1, -0.05) is 18.2 Å². The number of rotatable bonds is 4. The number of aliphatic hydroxyl groups is 1. The van der Waals surface area contributed by atoms with E-state index in [0.29, 0.717) is 6.42 Å². The predicted molar refractivity (Wildman–Crippen MR) is 75.1 cm³/mol. The molecule has 1 amide bonds. The Bertz CT molecular complexity index is 579. The van der Waals surface area contributed by atoms with E-state index >= 15 is 0 Å². The number of carbonyl (C=O) groups is 1. The molecule has 0 aliphatic heterocycles. The van der Waals surface area contributed by atoms with E-state index in [4.69, 9.17) is 5.73 Å². The topological polar surface area (TPSA) is 75.3 Å². The van der Waals surface area contributed by atoms with Crippen molar-refractivity contribution in [3.05, 3.63) is 35.4 Å². The van der Waals surface area contributed by atoms with Gasteiger partial charge in [0.15, 0.2) is 6.10 Å². The van der Waals surface area contributed by atoms with E-state index in [1.807, 2.05) is 0 Å². The number of halogens is 4. The van der Waals surface area contributed by atoms with Crippen molar-refractivity contribution in [2.45, 2.75) is 43.3 Å². The summed E-state index contributed by atoms with van der Waals surface area (Å²) in [6.07, 6.45) is -6.17. The Balaban J connectivity index is 2.10. The molecular formula is C15H18F4N2O2. The lowest BCUT2D eigenvalue weighted by molar-refractivity contribution is -0.140. The largest absolute Gasteiger partial charge is 0.416 e. The zero-order valence-corrected chi connectivity index (χ0v) is 12.2. The number of carbonyl (C=O) groups excluding carboxylic acids is 1. The Labute approximate surface area is 130 Å². The lowest BCUT2D eigenvalue weighted by Gasteiger charge is -2.20. The van der Waals surface area contributed by atoms with Gasteiger partial charge in [0.1, 0.15) is 5.67 Å². The lowest BCUT2D eigenvalue weighted by Crippen LogP contribution is -2.39. The first-order chi connectivity index (χ1) is 10.7. The Kier molecular flexibility index (Phi) is 4.95. The number of hydrogen-bond donors (Lipinski definition) is 3. The molecule has 1 aliphatic carbocycles. The van der Waals surface area contributed by atoms with E-state index in [1.165, 1.54) is 12.1 Å². The van der Waals surface area contributed by atoms with Gasteiger partial charge in [0.2, 0.25) is 0 Å². The van der Waals surface area contributed by atoms with Crippen molar-refractivity contribution >= 4 is 5.91 Å². The van der Waals surface area contributed by atoms with Gasteiger partial charge >= 0.3 is 6.18 Å². The van der Waals surface area contributed by atoms with Crippen LogP contribution in [0.15, 0.2) is 24.3 Å². The van der Waals surface area contributed by atoms with Gasteiger partial charge in [-0.25, -0.2) is 4.39 Å². The zero-order chi connectivity index (χ0) is 17.3. The fourth-order valence-electron chi connectivity index (χ4n) is 2.80. The van der Waals surface area contributed by atoms with Crippen molar-refractivity contribution in [1.29, 1.82) is 0 Å². The maximum Gasteiger partial charge on any atom is 0.416 e. The van der Waals surface area contributed by atoms with Crippen LogP contribution in [0, 0.1) is 0 Å². The highest BCUT2D eigenvalue weighted by Gasteiger charge is 2.40. The Morgan fingerprint density at radius 2 is 2.09 bits per heavy atom. The van der Waals surface area contributed by atoms with Crippen molar-refractivity contribution in [3.63, 3.8) is 0 Å². The van der Waals surface area contributed by atoms with Crippen molar-refractivity contribution in [2.24, 2.45) is 5.73 Å². The molecule has 0 radical (unpaired) electrons. The molecule has 0 aromatic heterocycles. The molecule has 1 unspecified atom stereocenters. The minimum absolute atomic E-state index is 0.0110. The average Bonchev–Trinajstić information content (AvgIpc) is 2.87. The van der Waals surface area contributed by atoms with Crippen molar-refractivity contribution in [1.82, 2.24) is 5.32 Å². The Hall–Kier alpha value is -1.67. The number of benzene rings is 1. The molecule has 128 valence electrons. The highest BCUT2D eigenvalue weighted by molar-refractivity contribution is 5.82. The molecule has 4 N–H and O–H groups in total. The smallest absolute Gasteiger partial charge is 0.378 e. The second-order valence-corrected chi connectivity index (χ2v) is 5.79. The minimum Gasteiger partial charge on any atom is -0.378 e. The van der Waals surface area contributed by atoms with Gasteiger partial charge in [-0.15, -0.1) is 0 Å². The first-order valence-corrected chi connectivity index (χ1v) is 7.20. The molecule has 1 saturated carbocycles. The third-order valence-corrected chi connectivity index (χ3v) is 4.07. The Morgan fingerprint density at radius 3 is 2.65 bits per heavy atom. The molecule has 2 rings (SSSR count). The molecule has 4 nitrogen and oxygen atoms in total. The van der Waals surface area contributed by atoms with E-state index in [2.05, 4.69) is 5.32 Å². The molecule has 23 heavy (non-hydrogen) atoms. The molecule has 1 fully saturated rings. The van der Waals surface area contributed by atoms with E-state index in [-0.39, 0.29) is 19.4 Å². The molecule has 0 heterocycles. The average molecular weight is 334 g/mol. The van der Waals surface area contributed by atoms with E-state index < -0.39 is 41.0 Å². The molecule has 1 aromatic carbocycles. The van der Waals surface area contributed by atoms with Gasteiger partial charge < -0.3 is 16.2 Å². The van der Waals surface area contributed by atoms with Gasteiger partial charge in [0, 0.05) is 24.6 Å². The maximum absolute atomic E-state index is 14.0. The molecule has 1 aliphatic rings. The first-order valence-electron chi connectivity index (χ1n) is 7.20. The van der Waals surface area contributed by atoms with Gasteiger partial charge in [0.05, 0.1) is 5.56 Å². The molecule has 3 atom stereocenters. The maximum atomic E-state index is 14.0. The fraction of sp³-hybridized carbons (Fsp3) is 0.533. The second kappa shape index (κ2) is 6.45. The summed E-state index contributed by atoms with van der Waals surface area (Å²) in [5.41, 5.74) is 2.14. The summed E-state index contributed by atoms with van der Waals surface area (Å²) < 4.78 is 52.8. The third kappa shape index (κ3) is 4.00. The van der Waals surface area contributed by atoms with Crippen molar-refractivity contribution in [3.8, 4) is 0 Å². The van der Waals surface area contributed by atoms with E-state index in [9.17, 15) is 27.5 Å². The monoisotopic (exact) mass is 334 g/mol. The van der Waals surface area contributed by atoms with Crippen LogP contribution < -0.4 is 11.1 Å². The van der Waals surface area contributed by atoms with Gasteiger partial charge in [0.25, 0.3) is 5.91 Å². The quantitative estimate of drug-likeness (QED) is 0.738. The summed E-state index contributed by atoms with van der Waals surface area (Å²) >= 11 is 0. The molecular weight excluding hydrogens is 316 g/mol. The molecule has 0 spiro atoms. The highest BCUT2D eigenvalue weighted by atomic mass is 19.4. The van der Waals surface area contributed by atoms with Gasteiger partial charge in [-0.3, -0.25) is 4.79 Å². The van der Waals surface area contributed by atoms with Gasteiger partial charge in [-0.05, 0) is 18.9 Å². The SMILES string of the molecule is NC[C@@]1(F)CC[C@@H](NC(=O)C(O)c2ccccc2C(F)(F)F)C1. The van der Waals surface area contributed by atoms with Crippen LogP contribution in [-0.2, 0) is 11.0 Å². The summed E-state index contributed by atoms with van der Waals surface area (Å²) in [6.45, 7) is -0.182. The molecule has 0 bridgehead atoms. The number of amides is 1. The number of alkyl halides is 4. The van der Waals surface area contributed by atoms with Crippen LogP contribution in [0.1, 0.15) is 36.5 Å². The number of nitrogens with one attached hydrogen (secondary N) is 1. The predicted octanol–water partition coefficient (Wildman–Crippen LogP) is 2.07. The molecule has 0 saturated heterocycles. The highest BCUT2D eigenvalue weighted by Crippen LogP contribution is 2.35. The summed E-state index contributed by atoms with van der Waals surface area (Å²) in [7, 11) is 0. The van der Waals surface area contributed by atoms with Crippen molar-refractivity contribution in [2.75, 3.05) is 6.54 Å². The lowest BCUT2D eigenvalue weighted by atomic mass is 10.0. The third-order valence-electron chi connectivity index (χ3n) is 4.07. The van der Waals surface area contributed by atoms with Crippen LogP contribution >= 0.6 is 0 Å².